The first kappa shape index (κ1) is 12.7. The fourth-order valence-corrected chi connectivity index (χ4v) is 0.760. The molecule has 1 N–H and O–H groups in total. The van der Waals surface area contributed by atoms with Gasteiger partial charge in [0.05, 0.1) is 6.61 Å². The molecule has 0 spiro atoms. The van der Waals surface area contributed by atoms with Crippen LogP contribution in [-0.2, 0) is 9.53 Å². The number of ether oxygens (including phenoxy) is 1. The van der Waals surface area contributed by atoms with Crippen LogP contribution in [0.3, 0.4) is 0 Å². The summed E-state index contributed by atoms with van der Waals surface area (Å²) in [6.07, 6.45) is 0.195. The van der Waals surface area contributed by atoms with E-state index in [9.17, 15) is 9.59 Å². The van der Waals surface area contributed by atoms with Gasteiger partial charge in [-0.1, -0.05) is 13.8 Å². The summed E-state index contributed by atoms with van der Waals surface area (Å²) in [5.41, 5.74) is 0. The maximum Gasteiger partial charge on any atom is 0.410 e. The summed E-state index contributed by atoms with van der Waals surface area (Å²) in [6, 6.07) is 0. The summed E-state index contributed by atoms with van der Waals surface area (Å²) in [4.78, 5) is 22.4. The number of hydrogen-bond donors (Lipinski definition) is 1. The molecule has 0 aliphatic rings. The number of nitrogens with zero attached hydrogens (tertiary/aromatic N) is 1. The van der Waals surface area contributed by atoms with E-state index in [1.165, 1.54) is 7.05 Å². The van der Waals surface area contributed by atoms with Crippen molar-refractivity contribution in [3.63, 3.8) is 0 Å². The van der Waals surface area contributed by atoms with E-state index in [0.717, 1.165) is 11.3 Å². The fourth-order valence-electron chi connectivity index (χ4n) is 0.760. The van der Waals surface area contributed by atoms with Crippen LogP contribution in [0.15, 0.2) is 0 Å². The van der Waals surface area contributed by atoms with Gasteiger partial charge >= 0.3 is 12.1 Å². The summed E-state index contributed by atoms with van der Waals surface area (Å²) < 4.78 is 4.84. The van der Waals surface area contributed by atoms with Gasteiger partial charge in [-0.15, -0.1) is 0 Å². The molecule has 0 aromatic carbocycles. The van der Waals surface area contributed by atoms with Gasteiger partial charge in [0, 0.05) is 7.05 Å². The third-order valence-electron chi connectivity index (χ3n) is 1.60. The molecular formula is C9H17NO4. The summed E-state index contributed by atoms with van der Waals surface area (Å²) >= 11 is 0. The zero-order valence-corrected chi connectivity index (χ0v) is 8.82. The number of carboxylic acid groups (broad SMARTS) is 1. The maximum atomic E-state index is 11.1. The van der Waals surface area contributed by atoms with Crippen LogP contribution in [0.5, 0.6) is 0 Å². The smallest absolute Gasteiger partial charge is 0.410 e. The Morgan fingerprint density at radius 2 is 2.00 bits per heavy atom. The van der Waals surface area contributed by atoms with Crippen LogP contribution < -0.4 is 0 Å². The first-order valence-electron chi connectivity index (χ1n) is 4.53. The van der Waals surface area contributed by atoms with E-state index in [-0.39, 0.29) is 6.54 Å². The molecule has 0 aromatic rings. The molecule has 0 atom stereocenters. The highest BCUT2D eigenvalue weighted by molar-refractivity contribution is 5.76. The van der Waals surface area contributed by atoms with E-state index >= 15 is 0 Å². The number of likely N-dealkylation sites (N-methyl/N-ethyl adjacent to an activating group) is 1. The normalized spacial score (nSPS) is 10.0. The number of aliphatic carboxylic acids is 1. The molecule has 0 heterocycles. The van der Waals surface area contributed by atoms with Crippen molar-refractivity contribution in [2.75, 3.05) is 20.2 Å². The highest BCUT2D eigenvalue weighted by atomic mass is 16.6. The van der Waals surface area contributed by atoms with Crippen molar-refractivity contribution < 1.29 is 19.4 Å². The maximum absolute atomic E-state index is 11.1. The average molecular weight is 203 g/mol. The van der Waals surface area contributed by atoms with E-state index in [1.807, 2.05) is 13.8 Å². The molecule has 5 nitrogen and oxygen atoms in total. The molecule has 0 saturated carbocycles. The number of carboxylic acids is 1. The molecule has 82 valence electrons. The van der Waals surface area contributed by atoms with E-state index < -0.39 is 12.1 Å². The van der Waals surface area contributed by atoms with Gasteiger partial charge in [0.1, 0.15) is 6.54 Å². The molecule has 0 fully saturated rings. The largest absolute Gasteiger partial charge is 0.480 e. The second kappa shape index (κ2) is 6.23. The van der Waals surface area contributed by atoms with Crippen molar-refractivity contribution in [3.05, 3.63) is 0 Å². The molecule has 0 unspecified atom stereocenters. The lowest BCUT2D eigenvalue weighted by atomic mass is 10.1. The minimum atomic E-state index is -1.05. The predicted molar refractivity (Wildman–Crippen MR) is 51.1 cm³/mol. The van der Waals surface area contributed by atoms with Gasteiger partial charge < -0.3 is 14.7 Å². The summed E-state index contributed by atoms with van der Waals surface area (Å²) in [7, 11) is 1.39. The van der Waals surface area contributed by atoms with Gasteiger partial charge in [-0.2, -0.15) is 0 Å². The third-order valence-corrected chi connectivity index (χ3v) is 1.60. The Balaban J connectivity index is 3.67. The van der Waals surface area contributed by atoms with Gasteiger partial charge in [0.25, 0.3) is 0 Å². The Morgan fingerprint density at radius 3 is 2.43 bits per heavy atom. The van der Waals surface area contributed by atoms with Crippen molar-refractivity contribution in [1.29, 1.82) is 0 Å². The lowest BCUT2D eigenvalue weighted by Gasteiger charge is -2.14. The number of amides is 1. The SMILES string of the molecule is CC(C)CCOC(=O)N(C)CC(=O)O. The van der Waals surface area contributed by atoms with Crippen LogP contribution >= 0.6 is 0 Å². The predicted octanol–water partition coefficient (Wildman–Crippen LogP) is 1.19. The highest BCUT2D eigenvalue weighted by Gasteiger charge is 2.12. The zero-order valence-electron chi connectivity index (χ0n) is 8.82. The minimum Gasteiger partial charge on any atom is -0.480 e. The van der Waals surface area contributed by atoms with Crippen LogP contribution in [0.1, 0.15) is 20.3 Å². The molecule has 0 radical (unpaired) electrons. The number of hydrogen-bond acceptors (Lipinski definition) is 3. The average Bonchev–Trinajstić information content (AvgIpc) is 2.01. The van der Waals surface area contributed by atoms with Crippen LogP contribution in [0.2, 0.25) is 0 Å². The second-order valence-electron chi connectivity index (χ2n) is 3.55. The number of carbonyl (C=O) groups is 2. The Bertz CT molecular complexity index is 203. The van der Waals surface area contributed by atoms with Crippen LogP contribution in [0.4, 0.5) is 4.79 Å². The Kier molecular flexibility index (Phi) is 5.67. The molecule has 14 heavy (non-hydrogen) atoms. The third kappa shape index (κ3) is 6.28. The Morgan fingerprint density at radius 1 is 1.43 bits per heavy atom. The van der Waals surface area contributed by atoms with Gasteiger partial charge in [-0.3, -0.25) is 4.79 Å². The van der Waals surface area contributed by atoms with Crippen LogP contribution in [0, 0.1) is 5.92 Å². The van der Waals surface area contributed by atoms with Gasteiger partial charge in [-0.25, -0.2) is 4.79 Å². The minimum absolute atomic E-state index is 0.333. The van der Waals surface area contributed by atoms with Gasteiger partial charge in [0.2, 0.25) is 0 Å². The first-order valence-corrected chi connectivity index (χ1v) is 4.53. The summed E-state index contributed by atoms with van der Waals surface area (Å²) in [5.74, 6) is -0.583. The molecule has 0 saturated heterocycles. The highest BCUT2D eigenvalue weighted by Crippen LogP contribution is 2.00. The van der Waals surface area contributed by atoms with Crippen molar-refractivity contribution in [3.8, 4) is 0 Å². The monoisotopic (exact) mass is 203 g/mol. The van der Waals surface area contributed by atoms with E-state index in [2.05, 4.69) is 0 Å². The molecular weight excluding hydrogens is 186 g/mol. The molecule has 5 heteroatoms. The molecule has 1 amide bonds. The van der Waals surface area contributed by atoms with Crippen molar-refractivity contribution >= 4 is 12.1 Å². The van der Waals surface area contributed by atoms with Crippen molar-refractivity contribution in [2.45, 2.75) is 20.3 Å². The molecule has 0 aliphatic carbocycles. The van der Waals surface area contributed by atoms with E-state index in [0.29, 0.717) is 12.5 Å². The second-order valence-corrected chi connectivity index (χ2v) is 3.55. The van der Waals surface area contributed by atoms with E-state index in [4.69, 9.17) is 9.84 Å². The van der Waals surface area contributed by atoms with Gasteiger partial charge in [-0.05, 0) is 12.3 Å². The standard InChI is InChI=1S/C9H17NO4/c1-7(2)4-5-14-9(13)10(3)6-8(11)12/h7H,4-6H2,1-3H3,(H,11,12). The number of rotatable bonds is 5. The topological polar surface area (TPSA) is 66.8 Å². The summed E-state index contributed by atoms with van der Waals surface area (Å²) in [6.45, 7) is 4.05. The molecule has 0 bridgehead atoms. The summed E-state index contributed by atoms with van der Waals surface area (Å²) in [5, 5.41) is 8.40. The fraction of sp³-hybridized carbons (Fsp3) is 0.778. The van der Waals surface area contributed by atoms with Crippen molar-refractivity contribution in [1.82, 2.24) is 4.90 Å². The molecule has 0 aliphatic heterocycles. The quantitative estimate of drug-likeness (QED) is 0.728. The van der Waals surface area contributed by atoms with E-state index in [1.54, 1.807) is 0 Å². The lowest BCUT2D eigenvalue weighted by molar-refractivity contribution is -0.137. The molecule has 0 rings (SSSR count). The zero-order chi connectivity index (χ0) is 11.1. The Labute approximate surface area is 83.6 Å². The lowest BCUT2D eigenvalue weighted by Crippen LogP contribution is -2.32. The molecule has 0 aromatic heterocycles. The van der Waals surface area contributed by atoms with Crippen LogP contribution in [-0.4, -0.2) is 42.3 Å². The number of carbonyl (C=O) groups excluding carboxylic acids is 1. The van der Waals surface area contributed by atoms with Crippen LogP contribution in [0.25, 0.3) is 0 Å². The first-order chi connectivity index (χ1) is 6.43. The Hall–Kier alpha value is -1.26. The van der Waals surface area contributed by atoms with Crippen molar-refractivity contribution in [2.24, 2.45) is 5.92 Å². The van der Waals surface area contributed by atoms with Gasteiger partial charge in [0.15, 0.2) is 0 Å².